The van der Waals surface area contributed by atoms with Gasteiger partial charge in [0.15, 0.2) is 0 Å². The second kappa shape index (κ2) is 8.83. The summed E-state index contributed by atoms with van der Waals surface area (Å²) in [6.07, 6.45) is 0. The molecular formula is C8H15NO4S. The molecule has 14 heavy (non-hydrogen) atoms. The summed E-state index contributed by atoms with van der Waals surface area (Å²) in [6, 6.07) is 0. The van der Waals surface area contributed by atoms with Gasteiger partial charge in [-0.3, -0.25) is 9.59 Å². The Hall–Kier alpha value is -0.750. The van der Waals surface area contributed by atoms with Crippen molar-refractivity contribution in [3.05, 3.63) is 0 Å². The molecule has 0 fully saturated rings. The lowest BCUT2D eigenvalue weighted by Gasteiger charge is -2.03. The summed E-state index contributed by atoms with van der Waals surface area (Å²) in [4.78, 5) is 21.0. The lowest BCUT2D eigenvalue weighted by Crippen LogP contribution is -2.29. The van der Waals surface area contributed by atoms with E-state index in [1.165, 1.54) is 11.8 Å². The first-order valence-electron chi connectivity index (χ1n) is 4.30. The van der Waals surface area contributed by atoms with Crippen molar-refractivity contribution in [1.82, 2.24) is 5.32 Å². The number of amides is 1. The predicted molar refractivity (Wildman–Crippen MR) is 54.5 cm³/mol. The molecule has 1 amide bonds. The molecule has 0 aromatic heterocycles. The number of carboxylic acid groups (broad SMARTS) is 1. The molecule has 0 aliphatic rings. The Morgan fingerprint density at radius 2 is 2.21 bits per heavy atom. The third kappa shape index (κ3) is 9.34. The monoisotopic (exact) mass is 221 g/mol. The third-order valence-corrected chi connectivity index (χ3v) is 2.18. The van der Waals surface area contributed by atoms with Crippen molar-refractivity contribution in [3.8, 4) is 0 Å². The van der Waals surface area contributed by atoms with Crippen LogP contribution in [0.4, 0.5) is 0 Å². The molecule has 0 rings (SSSR count). The Morgan fingerprint density at radius 3 is 2.79 bits per heavy atom. The first-order valence-corrected chi connectivity index (χ1v) is 5.46. The molecule has 0 saturated heterocycles. The normalized spacial score (nSPS) is 9.79. The molecule has 5 nitrogen and oxygen atoms in total. The first kappa shape index (κ1) is 13.2. The highest BCUT2D eigenvalue weighted by atomic mass is 32.2. The van der Waals surface area contributed by atoms with E-state index in [-0.39, 0.29) is 18.3 Å². The Morgan fingerprint density at radius 1 is 1.50 bits per heavy atom. The Bertz CT molecular complexity index is 186. The van der Waals surface area contributed by atoms with Crippen molar-refractivity contribution in [2.45, 2.75) is 6.92 Å². The van der Waals surface area contributed by atoms with Crippen LogP contribution in [0.25, 0.3) is 0 Å². The Labute approximate surface area is 87.2 Å². The summed E-state index contributed by atoms with van der Waals surface area (Å²) in [6.45, 7) is 2.88. The highest BCUT2D eigenvalue weighted by Gasteiger charge is 2.00. The maximum atomic E-state index is 10.9. The summed E-state index contributed by atoms with van der Waals surface area (Å²) < 4.78 is 4.88. The summed E-state index contributed by atoms with van der Waals surface area (Å²) in [5.74, 6) is -0.329. The fourth-order valence-corrected chi connectivity index (χ4v) is 1.23. The lowest BCUT2D eigenvalue weighted by molar-refractivity contribution is -0.134. The van der Waals surface area contributed by atoms with E-state index in [4.69, 9.17) is 9.84 Å². The summed E-state index contributed by atoms with van der Waals surface area (Å²) in [5, 5.41) is 10.9. The average molecular weight is 221 g/mol. The molecule has 0 radical (unpaired) electrons. The predicted octanol–water partition coefficient (Wildman–Crippen LogP) is -0.0431. The maximum Gasteiger partial charge on any atom is 0.313 e. The number of hydrogen-bond donors (Lipinski definition) is 2. The van der Waals surface area contributed by atoms with Crippen LogP contribution in [-0.4, -0.2) is 48.2 Å². The maximum absolute atomic E-state index is 10.9. The number of nitrogens with one attached hydrogen (secondary N) is 1. The second-order valence-electron chi connectivity index (χ2n) is 2.43. The summed E-state index contributed by atoms with van der Waals surface area (Å²) in [5.41, 5.74) is 0. The molecule has 0 heterocycles. The van der Waals surface area contributed by atoms with Crippen molar-refractivity contribution in [2.75, 3.05) is 31.3 Å². The van der Waals surface area contributed by atoms with Gasteiger partial charge in [0.05, 0.1) is 5.75 Å². The number of carbonyl (C=O) groups excluding carboxylic acids is 1. The van der Waals surface area contributed by atoms with Crippen LogP contribution >= 0.6 is 11.8 Å². The molecule has 82 valence electrons. The topological polar surface area (TPSA) is 75.6 Å². The Balaban J connectivity index is 3.19. The van der Waals surface area contributed by atoms with Crippen LogP contribution in [0.3, 0.4) is 0 Å². The minimum atomic E-state index is -0.837. The lowest BCUT2D eigenvalue weighted by atomic mass is 10.6. The van der Waals surface area contributed by atoms with Gasteiger partial charge in [-0.1, -0.05) is 0 Å². The molecule has 0 aliphatic carbocycles. The molecule has 2 N–H and O–H groups in total. The smallest absolute Gasteiger partial charge is 0.313 e. The van der Waals surface area contributed by atoms with E-state index in [1.54, 1.807) is 0 Å². The molecule has 0 spiro atoms. The number of rotatable bonds is 8. The largest absolute Gasteiger partial charge is 0.481 e. The number of carboxylic acids is 1. The average Bonchev–Trinajstić information content (AvgIpc) is 2.13. The number of aliphatic carboxylic acids is 1. The molecule has 6 heteroatoms. The summed E-state index contributed by atoms with van der Waals surface area (Å²) >= 11 is 1.27. The van der Waals surface area contributed by atoms with Gasteiger partial charge in [0.1, 0.15) is 6.61 Å². The van der Waals surface area contributed by atoms with Crippen LogP contribution in [0.5, 0.6) is 0 Å². The van der Waals surface area contributed by atoms with Gasteiger partial charge in [-0.2, -0.15) is 0 Å². The minimum absolute atomic E-state index is 0.0695. The molecule has 0 atom stereocenters. The molecule has 0 bridgehead atoms. The fourth-order valence-electron chi connectivity index (χ4n) is 0.668. The fraction of sp³-hybridized carbons (Fsp3) is 0.750. The number of ether oxygens (including phenoxy) is 1. The number of thioether (sulfide) groups is 1. The van der Waals surface area contributed by atoms with Crippen LogP contribution in [0, 0.1) is 0 Å². The van der Waals surface area contributed by atoms with Crippen molar-refractivity contribution in [2.24, 2.45) is 0 Å². The van der Waals surface area contributed by atoms with E-state index < -0.39 is 5.97 Å². The Kier molecular flexibility index (Phi) is 8.36. The van der Waals surface area contributed by atoms with Gasteiger partial charge in [-0.05, 0) is 6.92 Å². The van der Waals surface area contributed by atoms with E-state index in [1.807, 2.05) is 6.92 Å². The number of hydrogen-bond acceptors (Lipinski definition) is 4. The standard InChI is InChI=1S/C8H15NO4S/c1-2-13-5-7(10)9-3-4-14-6-8(11)12/h2-6H2,1H3,(H,9,10)(H,11,12). The molecule has 0 aromatic carbocycles. The molecule has 0 saturated carbocycles. The van der Waals surface area contributed by atoms with Gasteiger partial charge in [0.25, 0.3) is 0 Å². The van der Waals surface area contributed by atoms with Crippen molar-refractivity contribution >= 4 is 23.6 Å². The van der Waals surface area contributed by atoms with Gasteiger partial charge in [-0.25, -0.2) is 0 Å². The SMILES string of the molecule is CCOCC(=O)NCCSCC(=O)O. The van der Waals surface area contributed by atoms with E-state index in [0.717, 1.165) is 0 Å². The van der Waals surface area contributed by atoms with Gasteiger partial charge >= 0.3 is 5.97 Å². The van der Waals surface area contributed by atoms with Gasteiger partial charge in [0, 0.05) is 18.9 Å². The van der Waals surface area contributed by atoms with Crippen LogP contribution in [-0.2, 0) is 14.3 Å². The van der Waals surface area contributed by atoms with Crippen LogP contribution in [0.15, 0.2) is 0 Å². The van der Waals surface area contributed by atoms with E-state index in [0.29, 0.717) is 18.9 Å². The highest BCUT2D eigenvalue weighted by molar-refractivity contribution is 7.99. The van der Waals surface area contributed by atoms with E-state index in [2.05, 4.69) is 5.32 Å². The quantitative estimate of drug-likeness (QED) is 0.562. The van der Waals surface area contributed by atoms with Crippen LogP contribution < -0.4 is 5.32 Å². The second-order valence-corrected chi connectivity index (χ2v) is 3.54. The number of carbonyl (C=O) groups is 2. The minimum Gasteiger partial charge on any atom is -0.481 e. The zero-order chi connectivity index (χ0) is 10.8. The first-order chi connectivity index (χ1) is 6.66. The third-order valence-electron chi connectivity index (χ3n) is 1.23. The zero-order valence-electron chi connectivity index (χ0n) is 8.12. The van der Waals surface area contributed by atoms with Crippen molar-refractivity contribution in [3.63, 3.8) is 0 Å². The highest BCUT2D eigenvalue weighted by Crippen LogP contribution is 1.96. The molecule has 0 aromatic rings. The van der Waals surface area contributed by atoms with Gasteiger partial charge in [-0.15, -0.1) is 11.8 Å². The van der Waals surface area contributed by atoms with Crippen LogP contribution in [0.1, 0.15) is 6.92 Å². The van der Waals surface area contributed by atoms with Gasteiger partial charge < -0.3 is 15.2 Å². The van der Waals surface area contributed by atoms with Crippen molar-refractivity contribution < 1.29 is 19.4 Å². The van der Waals surface area contributed by atoms with E-state index >= 15 is 0 Å². The molecule has 0 aliphatic heterocycles. The van der Waals surface area contributed by atoms with E-state index in [9.17, 15) is 9.59 Å². The summed E-state index contributed by atoms with van der Waals surface area (Å²) in [7, 11) is 0. The van der Waals surface area contributed by atoms with Crippen molar-refractivity contribution in [1.29, 1.82) is 0 Å². The zero-order valence-corrected chi connectivity index (χ0v) is 8.93. The van der Waals surface area contributed by atoms with Crippen LogP contribution in [0.2, 0.25) is 0 Å². The van der Waals surface area contributed by atoms with Gasteiger partial charge in [0.2, 0.25) is 5.91 Å². The molecule has 0 unspecified atom stereocenters. The molecular weight excluding hydrogens is 206 g/mol.